The Hall–Kier alpha value is -4.35. The average molecular weight is 977 g/mol. The Morgan fingerprint density at radius 1 is 0.735 bits per heavy atom. The highest BCUT2D eigenvalue weighted by atomic mass is 31.2. The number of amides is 1. The van der Waals surface area contributed by atoms with Crippen molar-refractivity contribution in [2.45, 2.75) is 181 Å². The summed E-state index contributed by atoms with van der Waals surface area (Å²) < 4.78 is 45.9. The molecule has 2 atom stereocenters. The van der Waals surface area contributed by atoms with Gasteiger partial charge in [0.05, 0.1) is 26.4 Å². The van der Waals surface area contributed by atoms with Crippen molar-refractivity contribution in [3.63, 3.8) is 0 Å². The van der Waals surface area contributed by atoms with Gasteiger partial charge < -0.3 is 39.9 Å². The zero-order valence-electron chi connectivity index (χ0n) is 41.1. The number of esters is 2. The molecule has 0 aliphatic carbocycles. The highest BCUT2D eigenvalue weighted by Crippen LogP contribution is 2.43. The number of carbonyl (C=O) groups excluding carboxylic acids is 3. The summed E-state index contributed by atoms with van der Waals surface area (Å²) >= 11 is 0. The van der Waals surface area contributed by atoms with Gasteiger partial charge in [-0.3, -0.25) is 28.0 Å². The number of hydrogen-bond acceptors (Lipinski definition) is 14. The molecule has 18 nitrogen and oxygen atoms in total. The number of methoxy groups -OCH3 is 1. The van der Waals surface area contributed by atoms with Crippen molar-refractivity contribution in [1.82, 2.24) is 24.8 Å². The fourth-order valence-corrected chi connectivity index (χ4v) is 8.28. The number of anilines is 1. The molecule has 0 aliphatic heterocycles. The Bertz CT molecular complexity index is 1980. The topological polar surface area (TPSA) is 246 Å². The number of imidazole rings is 1. The molecule has 19 heteroatoms. The van der Waals surface area contributed by atoms with Crippen LogP contribution in [0.25, 0.3) is 11.2 Å². The number of H-pyrrole nitrogens is 1. The van der Waals surface area contributed by atoms with Gasteiger partial charge in [0.2, 0.25) is 0 Å². The Morgan fingerprint density at radius 3 is 1.84 bits per heavy atom. The minimum Gasteiger partial charge on any atom is -0.462 e. The van der Waals surface area contributed by atoms with E-state index in [9.17, 15) is 28.6 Å². The van der Waals surface area contributed by atoms with E-state index in [1.807, 2.05) is 0 Å². The van der Waals surface area contributed by atoms with Crippen molar-refractivity contribution in [1.29, 1.82) is 0 Å². The van der Waals surface area contributed by atoms with Crippen LogP contribution in [-0.4, -0.2) is 95.1 Å². The predicted molar refractivity (Wildman–Crippen MR) is 263 cm³/mol. The third-order valence-electron chi connectivity index (χ3n) is 11.5. The summed E-state index contributed by atoms with van der Waals surface area (Å²) in [5, 5.41) is 2.62. The second-order valence-electron chi connectivity index (χ2n) is 17.4. The summed E-state index contributed by atoms with van der Waals surface area (Å²) in [7, 11) is -3.14. The maximum absolute atomic E-state index is 12.9. The van der Waals surface area contributed by atoms with Crippen LogP contribution >= 0.6 is 7.82 Å². The highest BCUT2D eigenvalue weighted by molar-refractivity contribution is 7.47. The van der Waals surface area contributed by atoms with E-state index in [2.05, 4.69) is 34.1 Å². The quantitative estimate of drug-likeness (QED) is 0.0235. The van der Waals surface area contributed by atoms with E-state index in [0.717, 1.165) is 38.5 Å². The number of ether oxygens (including phenoxy) is 4. The molecule has 5 N–H and O–H groups in total. The molecule has 0 fully saturated rings. The average Bonchev–Trinajstić information content (AvgIpc) is 3.64. The van der Waals surface area contributed by atoms with Gasteiger partial charge in [0, 0.05) is 32.1 Å². The summed E-state index contributed by atoms with van der Waals surface area (Å²) in [6, 6.07) is 6.47. The zero-order valence-corrected chi connectivity index (χ0v) is 42.0. The second-order valence-corrected chi connectivity index (χ2v) is 18.8. The van der Waals surface area contributed by atoms with Crippen LogP contribution in [0.15, 0.2) is 29.1 Å². The van der Waals surface area contributed by atoms with E-state index in [0.29, 0.717) is 30.6 Å². The van der Waals surface area contributed by atoms with Crippen LogP contribution in [0.1, 0.15) is 184 Å². The molecule has 2 heterocycles. The van der Waals surface area contributed by atoms with Gasteiger partial charge in [-0.25, -0.2) is 9.36 Å². The van der Waals surface area contributed by atoms with Crippen LogP contribution < -0.4 is 21.5 Å². The minimum atomic E-state index is -4.67. The van der Waals surface area contributed by atoms with Crippen molar-refractivity contribution in [2.24, 2.45) is 0 Å². The van der Waals surface area contributed by atoms with E-state index in [1.54, 1.807) is 24.3 Å². The number of fused-ring (bicyclic) bond motifs is 1. The number of phosphoric ester groups is 1. The van der Waals surface area contributed by atoms with Crippen molar-refractivity contribution in [3.8, 4) is 6.01 Å². The van der Waals surface area contributed by atoms with Gasteiger partial charge in [-0.2, -0.15) is 9.97 Å². The molecule has 2 aromatic heterocycles. The molecule has 0 saturated carbocycles. The third kappa shape index (κ3) is 24.8. The number of rotatable bonds is 41. The Morgan fingerprint density at radius 2 is 1.28 bits per heavy atom. The zero-order chi connectivity index (χ0) is 49.2. The molecule has 1 aromatic carbocycles. The summed E-state index contributed by atoms with van der Waals surface area (Å²) in [6.45, 7) is 3.66. The molecule has 3 rings (SSSR count). The van der Waals surface area contributed by atoms with Crippen LogP contribution in [-0.2, 0) is 44.0 Å². The van der Waals surface area contributed by atoms with Gasteiger partial charge in [-0.15, -0.1) is 0 Å². The van der Waals surface area contributed by atoms with E-state index < -0.39 is 44.1 Å². The molecule has 0 radical (unpaired) electrons. The lowest BCUT2D eigenvalue weighted by Gasteiger charge is -2.20. The summed E-state index contributed by atoms with van der Waals surface area (Å²) in [6.07, 6.45) is 24.4. The molecule has 68 heavy (non-hydrogen) atoms. The van der Waals surface area contributed by atoms with E-state index in [1.165, 1.54) is 102 Å². The van der Waals surface area contributed by atoms with E-state index in [4.69, 9.17) is 33.7 Å². The number of nitrogens with zero attached hydrogens (tertiary/aromatic N) is 3. The lowest BCUT2D eigenvalue weighted by Crippen LogP contribution is -2.30. The second kappa shape index (κ2) is 34.9. The number of nitrogen functional groups attached to an aromatic ring is 1. The fourth-order valence-electron chi connectivity index (χ4n) is 7.53. The van der Waals surface area contributed by atoms with Crippen LogP contribution in [0.2, 0.25) is 0 Å². The van der Waals surface area contributed by atoms with Gasteiger partial charge in [0.25, 0.3) is 5.91 Å². The van der Waals surface area contributed by atoms with Crippen LogP contribution in [0.4, 0.5) is 5.82 Å². The van der Waals surface area contributed by atoms with Gasteiger partial charge in [0.1, 0.15) is 18.7 Å². The van der Waals surface area contributed by atoms with Crippen LogP contribution in [0.5, 0.6) is 6.01 Å². The number of benzene rings is 1. The van der Waals surface area contributed by atoms with Gasteiger partial charge >= 0.3 is 31.5 Å². The van der Waals surface area contributed by atoms with E-state index in [-0.39, 0.29) is 68.7 Å². The standard InChI is InChI=1S/C49H81N6O12P/c1-4-6-8-10-12-14-16-18-20-22-24-26-42(56)64-37-41(67-43(57)27-25-23-21-19-17-15-13-11-9-7-5-2)38-66-68(60,61)65-33-32-51-47(58)40-30-28-39(29-31-40)36-55-46-44(52-49(55)59)45(50)53-48(54-46)63-35-34-62-3/h28-31,41H,4-27,32-38H2,1-3H3,(H,51,58)(H,52,59)(H,60,61)(H2,50,53,54). The van der Waals surface area contributed by atoms with Crippen molar-refractivity contribution < 1.29 is 51.8 Å². The molecule has 384 valence electrons. The number of aromatic amines is 1. The number of phosphoric acid groups is 1. The summed E-state index contributed by atoms with van der Waals surface area (Å²) in [5.74, 6) is -1.37. The first-order valence-electron chi connectivity index (χ1n) is 25.2. The maximum atomic E-state index is 12.9. The van der Waals surface area contributed by atoms with Crippen LogP contribution in [0.3, 0.4) is 0 Å². The first-order valence-corrected chi connectivity index (χ1v) is 26.7. The first kappa shape index (κ1) is 58.0. The smallest absolute Gasteiger partial charge is 0.462 e. The molecular formula is C49H81N6O12P. The van der Waals surface area contributed by atoms with Gasteiger partial charge in [-0.05, 0) is 30.5 Å². The normalized spacial score (nSPS) is 12.8. The number of carbonyl (C=O) groups is 3. The van der Waals surface area contributed by atoms with Crippen molar-refractivity contribution >= 4 is 42.7 Å². The maximum Gasteiger partial charge on any atom is 0.472 e. The van der Waals surface area contributed by atoms with Gasteiger partial charge in [0.15, 0.2) is 17.6 Å². The molecule has 3 aromatic rings. The monoisotopic (exact) mass is 977 g/mol. The number of nitrogens with two attached hydrogens (primary N) is 1. The third-order valence-corrected chi connectivity index (χ3v) is 12.5. The molecular weight excluding hydrogens is 896 g/mol. The fraction of sp³-hybridized carbons (Fsp3) is 0.714. The Labute approximate surface area is 403 Å². The summed E-state index contributed by atoms with van der Waals surface area (Å²) in [4.78, 5) is 72.6. The number of unbranched alkanes of at least 4 members (excludes halogenated alkanes) is 20. The molecule has 0 bridgehead atoms. The van der Waals surface area contributed by atoms with Crippen molar-refractivity contribution in [2.75, 3.05) is 52.4 Å². The largest absolute Gasteiger partial charge is 0.472 e. The molecule has 0 spiro atoms. The van der Waals surface area contributed by atoms with E-state index >= 15 is 0 Å². The summed E-state index contributed by atoms with van der Waals surface area (Å²) in [5.41, 5.74) is 7.07. The first-order chi connectivity index (χ1) is 33.0. The SMILES string of the molecule is CCCCCCCCCCCCCC(=O)OCC(COP(=O)(O)OCCNC(=O)c1ccc(Cn2c(=O)[nH]c3c(N)nc(OCCOC)nc32)cc1)OC(=O)CCCCCCCCCCCCC. The Balaban J connectivity index is 1.43. The van der Waals surface area contributed by atoms with Crippen molar-refractivity contribution in [3.05, 3.63) is 45.9 Å². The Kier molecular flexibility index (Phi) is 29.7. The molecule has 0 aliphatic rings. The highest BCUT2D eigenvalue weighted by Gasteiger charge is 2.26. The lowest BCUT2D eigenvalue weighted by atomic mass is 10.1. The lowest BCUT2D eigenvalue weighted by molar-refractivity contribution is -0.161. The predicted octanol–water partition coefficient (Wildman–Crippen LogP) is 9.50. The van der Waals surface area contributed by atoms with Gasteiger partial charge in [-0.1, -0.05) is 154 Å². The minimum absolute atomic E-state index is 0.00229. The molecule has 2 unspecified atom stereocenters. The number of hydrogen-bond donors (Lipinski definition) is 4. The van der Waals surface area contributed by atoms with Crippen LogP contribution in [0, 0.1) is 0 Å². The molecule has 1 amide bonds. The number of nitrogens with one attached hydrogen (secondary N) is 2. The number of aromatic nitrogens is 4. The molecule has 0 saturated heterocycles.